The Kier molecular flexibility index (Phi) is 7.04. The summed E-state index contributed by atoms with van der Waals surface area (Å²) in [6.45, 7) is 2.19. The van der Waals surface area contributed by atoms with Crippen molar-refractivity contribution in [3.05, 3.63) is 82.5 Å². The summed E-state index contributed by atoms with van der Waals surface area (Å²) in [4.78, 5) is 14.9. The number of phenolic OH excluding ortho intramolecular Hbond substituents is 1. The minimum atomic E-state index is -0.378. The van der Waals surface area contributed by atoms with Crippen molar-refractivity contribution in [2.75, 3.05) is 34.4 Å². The summed E-state index contributed by atoms with van der Waals surface area (Å²) in [5.41, 5.74) is 1.80. The van der Waals surface area contributed by atoms with Crippen LogP contribution in [0.2, 0.25) is 0 Å². The summed E-state index contributed by atoms with van der Waals surface area (Å²) in [5, 5.41) is 10.5. The van der Waals surface area contributed by atoms with E-state index in [1.165, 1.54) is 31.9 Å². The van der Waals surface area contributed by atoms with Gasteiger partial charge in [-0.1, -0.05) is 30.3 Å². The van der Waals surface area contributed by atoms with E-state index in [1.54, 1.807) is 0 Å². The van der Waals surface area contributed by atoms with Crippen LogP contribution < -0.4 is 19.6 Å². The molecule has 0 amide bonds. The van der Waals surface area contributed by atoms with Gasteiger partial charge >= 0.3 is 0 Å². The Balaban J connectivity index is 1.46. The van der Waals surface area contributed by atoms with Crippen LogP contribution in [-0.4, -0.2) is 44.4 Å². The number of fused-ring (bicyclic) bond motifs is 1. The first-order chi connectivity index (χ1) is 16.5. The second kappa shape index (κ2) is 10.3. The van der Waals surface area contributed by atoms with Crippen LogP contribution in [0.3, 0.4) is 0 Å². The van der Waals surface area contributed by atoms with Crippen molar-refractivity contribution in [3.63, 3.8) is 0 Å². The summed E-state index contributed by atoms with van der Waals surface area (Å²) in [6.07, 6.45) is 0. The van der Waals surface area contributed by atoms with E-state index in [1.807, 2.05) is 42.5 Å². The van der Waals surface area contributed by atoms with Crippen molar-refractivity contribution in [1.29, 1.82) is 0 Å². The molecule has 0 spiro atoms. The fourth-order valence-electron chi connectivity index (χ4n) is 3.76. The first-order valence-corrected chi connectivity index (χ1v) is 10.9. The maximum absolute atomic E-state index is 12.7. The van der Waals surface area contributed by atoms with Gasteiger partial charge in [0.15, 0.2) is 16.9 Å². The fourth-order valence-corrected chi connectivity index (χ4v) is 3.76. The molecule has 0 unspecified atom stereocenters. The highest BCUT2D eigenvalue weighted by Crippen LogP contribution is 2.42. The molecule has 1 heterocycles. The van der Waals surface area contributed by atoms with Gasteiger partial charge in [-0.05, 0) is 36.9 Å². The monoisotopic (exact) mass is 461 g/mol. The Morgan fingerprint density at radius 3 is 2.38 bits per heavy atom. The summed E-state index contributed by atoms with van der Waals surface area (Å²) >= 11 is 0. The van der Waals surface area contributed by atoms with Gasteiger partial charge in [0.25, 0.3) is 0 Å². The van der Waals surface area contributed by atoms with E-state index in [2.05, 4.69) is 24.1 Å². The summed E-state index contributed by atoms with van der Waals surface area (Å²) < 4.78 is 22.2. The van der Waals surface area contributed by atoms with Gasteiger partial charge in [0, 0.05) is 30.8 Å². The average Bonchev–Trinajstić information content (AvgIpc) is 2.84. The molecule has 0 aliphatic rings. The van der Waals surface area contributed by atoms with Crippen LogP contribution in [0.5, 0.6) is 23.0 Å². The van der Waals surface area contributed by atoms with Crippen LogP contribution in [0.1, 0.15) is 5.56 Å². The first-order valence-electron chi connectivity index (χ1n) is 10.9. The number of methoxy groups -OCH3 is 2. The molecule has 0 aliphatic heterocycles. The number of nitrogens with zero attached hydrogens (tertiary/aromatic N) is 1. The number of likely N-dealkylation sites (N-methyl/N-ethyl adjacent to an activating group) is 1. The van der Waals surface area contributed by atoms with E-state index < -0.39 is 0 Å². The summed E-state index contributed by atoms with van der Waals surface area (Å²) in [5.74, 6) is 1.15. The maximum Gasteiger partial charge on any atom is 0.204 e. The quantitative estimate of drug-likeness (QED) is 0.387. The van der Waals surface area contributed by atoms with Gasteiger partial charge in [-0.25, -0.2) is 0 Å². The largest absolute Gasteiger partial charge is 0.504 e. The van der Waals surface area contributed by atoms with E-state index >= 15 is 0 Å². The van der Waals surface area contributed by atoms with E-state index in [4.69, 9.17) is 18.6 Å². The van der Waals surface area contributed by atoms with Crippen LogP contribution in [-0.2, 0) is 6.54 Å². The number of hydrogen-bond donors (Lipinski definition) is 1. The number of phenols is 1. The standard InChI is InChI=1S/C27H27NO6/c1-28(17-18-7-5-4-6-8-18)13-14-33-20-11-9-19(10-12-20)22-15-21(29)25-23(34-22)16-24(31-2)27(32-3)26(25)30/h4-12,15-16,30H,13-14,17H2,1-3H3. The van der Waals surface area contributed by atoms with Crippen molar-refractivity contribution < 1.29 is 23.7 Å². The second-order valence-electron chi connectivity index (χ2n) is 7.90. The molecule has 7 heteroatoms. The van der Waals surface area contributed by atoms with Gasteiger partial charge in [0.2, 0.25) is 5.75 Å². The van der Waals surface area contributed by atoms with Crippen molar-refractivity contribution in [1.82, 2.24) is 4.90 Å². The molecule has 34 heavy (non-hydrogen) atoms. The van der Waals surface area contributed by atoms with Crippen molar-refractivity contribution in [3.8, 4) is 34.3 Å². The van der Waals surface area contributed by atoms with Crippen LogP contribution in [0.15, 0.2) is 75.9 Å². The fraction of sp³-hybridized carbons (Fsp3) is 0.222. The van der Waals surface area contributed by atoms with Gasteiger partial charge in [-0.3, -0.25) is 9.69 Å². The molecule has 0 aliphatic carbocycles. The van der Waals surface area contributed by atoms with Crippen LogP contribution >= 0.6 is 0 Å². The zero-order chi connectivity index (χ0) is 24.1. The zero-order valence-electron chi connectivity index (χ0n) is 19.4. The zero-order valence-corrected chi connectivity index (χ0v) is 19.4. The van der Waals surface area contributed by atoms with Crippen molar-refractivity contribution in [2.24, 2.45) is 0 Å². The van der Waals surface area contributed by atoms with Crippen LogP contribution in [0.25, 0.3) is 22.3 Å². The molecule has 4 aromatic rings. The Bertz CT molecular complexity index is 1320. The van der Waals surface area contributed by atoms with E-state index in [0.717, 1.165) is 18.8 Å². The van der Waals surface area contributed by atoms with Crippen LogP contribution in [0, 0.1) is 0 Å². The third-order valence-electron chi connectivity index (χ3n) is 5.51. The third kappa shape index (κ3) is 5.00. The van der Waals surface area contributed by atoms with Gasteiger partial charge in [0.1, 0.15) is 29.1 Å². The van der Waals surface area contributed by atoms with E-state index in [9.17, 15) is 9.90 Å². The molecule has 0 saturated carbocycles. The molecule has 0 saturated heterocycles. The Morgan fingerprint density at radius 2 is 1.71 bits per heavy atom. The number of benzene rings is 3. The minimum absolute atomic E-state index is 0.0426. The SMILES string of the molecule is COc1cc2oc(-c3ccc(OCCN(C)Cc4ccccc4)cc3)cc(=O)c2c(O)c1OC. The minimum Gasteiger partial charge on any atom is -0.504 e. The molecule has 0 bridgehead atoms. The molecule has 4 rings (SSSR count). The first kappa shape index (κ1) is 23.2. The van der Waals surface area contributed by atoms with Gasteiger partial charge in [0.05, 0.1) is 14.2 Å². The second-order valence-corrected chi connectivity index (χ2v) is 7.90. The molecule has 176 valence electrons. The highest BCUT2D eigenvalue weighted by molar-refractivity contribution is 5.89. The molecule has 0 atom stereocenters. The van der Waals surface area contributed by atoms with E-state index in [0.29, 0.717) is 17.9 Å². The van der Waals surface area contributed by atoms with E-state index in [-0.39, 0.29) is 33.6 Å². The van der Waals surface area contributed by atoms with Gasteiger partial charge < -0.3 is 23.7 Å². The van der Waals surface area contributed by atoms with Crippen molar-refractivity contribution >= 4 is 11.0 Å². The molecule has 0 fully saturated rings. The summed E-state index contributed by atoms with van der Waals surface area (Å²) in [6, 6.07) is 20.5. The maximum atomic E-state index is 12.7. The molecule has 0 radical (unpaired) electrons. The molecule has 1 N–H and O–H groups in total. The lowest BCUT2D eigenvalue weighted by Crippen LogP contribution is -2.23. The lowest BCUT2D eigenvalue weighted by Gasteiger charge is -2.17. The normalized spacial score (nSPS) is 11.1. The number of aromatic hydroxyl groups is 1. The molecular weight excluding hydrogens is 434 g/mol. The summed E-state index contributed by atoms with van der Waals surface area (Å²) in [7, 11) is 4.90. The Labute approximate surface area is 197 Å². The molecule has 3 aromatic carbocycles. The molecular formula is C27H27NO6. The predicted molar refractivity (Wildman–Crippen MR) is 131 cm³/mol. The molecule has 7 nitrogen and oxygen atoms in total. The number of hydrogen-bond acceptors (Lipinski definition) is 7. The topological polar surface area (TPSA) is 81.4 Å². The average molecular weight is 462 g/mol. The highest BCUT2D eigenvalue weighted by atomic mass is 16.5. The van der Waals surface area contributed by atoms with Crippen LogP contribution in [0.4, 0.5) is 0 Å². The van der Waals surface area contributed by atoms with Crippen molar-refractivity contribution in [2.45, 2.75) is 6.54 Å². The van der Waals surface area contributed by atoms with Gasteiger partial charge in [-0.2, -0.15) is 0 Å². The van der Waals surface area contributed by atoms with Gasteiger partial charge in [-0.15, -0.1) is 0 Å². The highest BCUT2D eigenvalue weighted by Gasteiger charge is 2.19. The third-order valence-corrected chi connectivity index (χ3v) is 5.51. The lowest BCUT2D eigenvalue weighted by molar-refractivity contribution is 0.233. The molecule has 1 aromatic heterocycles. The smallest absolute Gasteiger partial charge is 0.204 e. The lowest BCUT2D eigenvalue weighted by atomic mass is 10.1. The Hall–Kier alpha value is -3.97. The number of ether oxygens (including phenoxy) is 3. The number of rotatable bonds is 9. The Morgan fingerprint density at radius 1 is 0.971 bits per heavy atom. The predicted octanol–water partition coefficient (Wildman–Crippen LogP) is 4.69.